The molecule has 1 aliphatic rings. The molecule has 3 nitrogen and oxygen atoms in total. The Balaban J connectivity index is 0.000000457. The highest BCUT2D eigenvalue weighted by Crippen LogP contribution is 2.22. The number of hydrogen-bond acceptors (Lipinski definition) is 3. The molecular formula is C13H14N2O. The third-order valence-electron chi connectivity index (χ3n) is 2.41. The second-order valence-corrected chi connectivity index (χ2v) is 3.21. The predicted molar refractivity (Wildman–Crippen MR) is 65.5 cm³/mol. The number of aromatic nitrogens is 1. The molecule has 2 aromatic rings. The molecule has 0 unspecified atom stereocenters. The Morgan fingerprint density at radius 1 is 1.19 bits per heavy atom. The Kier molecular flexibility index (Phi) is 3.15. The largest absolute Gasteiger partial charge is 0.391 e. The van der Waals surface area contributed by atoms with Crippen LogP contribution in [0.15, 0.2) is 35.6 Å². The van der Waals surface area contributed by atoms with Gasteiger partial charge in [-0.3, -0.25) is 4.98 Å². The predicted octanol–water partition coefficient (Wildman–Crippen LogP) is 3.13. The highest BCUT2D eigenvalue weighted by Gasteiger charge is 2.10. The summed E-state index contributed by atoms with van der Waals surface area (Å²) in [5, 5.41) is 4.93. The summed E-state index contributed by atoms with van der Waals surface area (Å²) in [5.41, 5.74) is 3.30. The fraction of sp³-hybridized carbons (Fsp3) is 0.231. The van der Waals surface area contributed by atoms with E-state index in [1.165, 1.54) is 5.56 Å². The van der Waals surface area contributed by atoms with Gasteiger partial charge in [-0.25, -0.2) is 0 Å². The minimum atomic E-state index is 0.537. The van der Waals surface area contributed by atoms with Gasteiger partial charge in [0, 0.05) is 22.7 Å². The summed E-state index contributed by atoms with van der Waals surface area (Å²) in [6.07, 6.45) is 3.54. The van der Waals surface area contributed by atoms with Crippen molar-refractivity contribution >= 4 is 17.1 Å². The minimum absolute atomic E-state index is 0.537. The maximum absolute atomic E-state index is 5.05. The standard InChI is InChI=1S/C11H8N2O.C2H6/c1-2-9-10-7-14-13-6-8(10)3-4-11(9)12-5-1;1-2/h1-6H,7H2;1-2H3. The molecule has 2 heterocycles. The lowest BCUT2D eigenvalue weighted by Crippen LogP contribution is -2.02. The third-order valence-corrected chi connectivity index (χ3v) is 2.41. The molecule has 0 N–H and O–H groups in total. The number of oxime groups is 1. The fourth-order valence-corrected chi connectivity index (χ4v) is 1.71. The highest BCUT2D eigenvalue weighted by molar-refractivity contribution is 5.92. The molecule has 0 spiro atoms. The highest BCUT2D eigenvalue weighted by atomic mass is 16.6. The number of rotatable bonds is 0. The van der Waals surface area contributed by atoms with Gasteiger partial charge in [0.1, 0.15) is 6.61 Å². The lowest BCUT2D eigenvalue weighted by atomic mass is 10.0. The van der Waals surface area contributed by atoms with E-state index >= 15 is 0 Å². The zero-order valence-corrected chi connectivity index (χ0v) is 9.47. The molecule has 0 saturated carbocycles. The first-order valence-corrected chi connectivity index (χ1v) is 5.47. The number of benzene rings is 1. The summed E-state index contributed by atoms with van der Waals surface area (Å²) in [6, 6.07) is 8.03. The molecule has 1 aliphatic heterocycles. The van der Waals surface area contributed by atoms with Crippen LogP contribution in [0.4, 0.5) is 0 Å². The van der Waals surface area contributed by atoms with E-state index in [0.29, 0.717) is 6.61 Å². The second-order valence-electron chi connectivity index (χ2n) is 3.21. The van der Waals surface area contributed by atoms with Gasteiger partial charge in [0.05, 0.1) is 11.7 Å². The fourth-order valence-electron chi connectivity index (χ4n) is 1.71. The van der Waals surface area contributed by atoms with Gasteiger partial charge in [-0.05, 0) is 12.1 Å². The first-order chi connectivity index (χ1) is 7.95. The van der Waals surface area contributed by atoms with E-state index in [1.54, 1.807) is 12.4 Å². The average Bonchev–Trinajstić information content (AvgIpc) is 2.41. The number of hydrogen-bond donors (Lipinski definition) is 0. The maximum Gasteiger partial charge on any atom is 0.143 e. The van der Waals surface area contributed by atoms with Crippen molar-refractivity contribution in [1.82, 2.24) is 4.98 Å². The first kappa shape index (κ1) is 10.6. The molecule has 1 aromatic carbocycles. The molecule has 82 valence electrons. The monoisotopic (exact) mass is 214 g/mol. The van der Waals surface area contributed by atoms with Crippen LogP contribution >= 0.6 is 0 Å². The van der Waals surface area contributed by atoms with Crippen molar-refractivity contribution in [3.63, 3.8) is 0 Å². The van der Waals surface area contributed by atoms with Crippen molar-refractivity contribution in [3.8, 4) is 0 Å². The van der Waals surface area contributed by atoms with E-state index in [2.05, 4.69) is 16.2 Å². The van der Waals surface area contributed by atoms with E-state index in [0.717, 1.165) is 16.5 Å². The second kappa shape index (κ2) is 4.75. The van der Waals surface area contributed by atoms with Crippen molar-refractivity contribution in [1.29, 1.82) is 0 Å². The summed E-state index contributed by atoms with van der Waals surface area (Å²) in [5.74, 6) is 0. The van der Waals surface area contributed by atoms with E-state index in [4.69, 9.17) is 4.84 Å². The normalized spacial score (nSPS) is 12.4. The van der Waals surface area contributed by atoms with E-state index in [-0.39, 0.29) is 0 Å². The molecule has 0 bridgehead atoms. The van der Waals surface area contributed by atoms with E-state index in [1.807, 2.05) is 32.0 Å². The molecule has 3 heteroatoms. The maximum atomic E-state index is 5.05. The van der Waals surface area contributed by atoms with Gasteiger partial charge in [0.15, 0.2) is 0 Å². The lowest BCUT2D eigenvalue weighted by Gasteiger charge is -2.11. The van der Waals surface area contributed by atoms with Crippen LogP contribution in [0.25, 0.3) is 10.9 Å². The summed E-state index contributed by atoms with van der Waals surface area (Å²) in [6.45, 7) is 4.54. The van der Waals surface area contributed by atoms with E-state index < -0.39 is 0 Å². The van der Waals surface area contributed by atoms with Crippen LogP contribution in [0, 0.1) is 0 Å². The summed E-state index contributed by atoms with van der Waals surface area (Å²) in [4.78, 5) is 9.33. The molecule has 0 aliphatic carbocycles. The SMILES string of the molecule is C1=NOCc2c1ccc1ncccc21.CC. The smallest absolute Gasteiger partial charge is 0.143 e. The molecule has 0 amide bonds. The van der Waals surface area contributed by atoms with Crippen molar-refractivity contribution in [2.24, 2.45) is 5.16 Å². The van der Waals surface area contributed by atoms with Crippen LogP contribution in [0.5, 0.6) is 0 Å². The zero-order valence-electron chi connectivity index (χ0n) is 9.47. The molecule has 1 aromatic heterocycles. The van der Waals surface area contributed by atoms with Crippen molar-refractivity contribution in [2.45, 2.75) is 20.5 Å². The summed E-state index contributed by atoms with van der Waals surface area (Å²) < 4.78 is 0. The van der Waals surface area contributed by atoms with Gasteiger partial charge in [0.2, 0.25) is 0 Å². The van der Waals surface area contributed by atoms with Gasteiger partial charge in [-0.1, -0.05) is 31.1 Å². The first-order valence-electron chi connectivity index (χ1n) is 5.47. The van der Waals surface area contributed by atoms with Crippen molar-refractivity contribution in [2.75, 3.05) is 0 Å². The van der Waals surface area contributed by atoms with Gasteiger partial charge >= 0.3 is 0 Å². The summed E-state index contributed by atoms with van der Waals surface area (Å²) >= 11 is 0. The lowest BCUT2D eigenvalue weighted by molar-refractivity contribution is 0.129. The van der Waals surface area contributed by atoms with E-state index in [9.17, 15) is 0 Å². The summed E-state index contributed by atoms with van der Waals surface area (Å²) in [7, 11) is 0. The van der Waals surface area contributed by atoms with Crippen LogP contribution in [-0.2, 0) is 11.4 Å². The Morgan fingerprint density at radius 2 is 2.06 bits per heavy atom. The Bertz CT molecular complexity index is 520. The van der Waals surface area contributed by atoms with Gasteiger partial charge in [-0.2, -0.15) is 0 Å². The van der Waals surface area contributed by atoms with Gasteiger partial charge in [-0.15, -0.1) is 0 Å². The Labute approximate surface area is 94.8 Å². The third kappa shape index (κ3) is 1.76. The van der Waals surface area contributed by atoms with Crippen LogP contribution in [0.3, 0.4) is 0 Å². The molecule has 0 fully saturated rings. The van der Waals surface area contributed by atoms with Crippen LogP contribution in [0.2, 0.25) is 0 Å². The molecule has 0 radical (unpaired) electrons. The average molecular weight is 214 g/mol. The molecule has 0 atom stereocenters. The van der Waals surface area contributed by atoms with Gasteiger partial charge < -0.3 is 4.84 Å². The van der Waals surface area contributed by atoms with Crippen LogP contribution in [0.1, 0.15) is 25.0 Å². The minimum Gasteiger partial charge on any atom is -0.391 e. The molecular weight excluding hydrogens is 200 g/mol. The number of pyridine rings is 1. The topological polar surface area (TPSA) is 34.5 Å². The Morgan fingerprint density at radius 3 is 2.94 bits per heavy atom. The number of nitrogens with zero attached hydrogens (tertiary/aromatic N) is 2. The zero-order chi connectivity index (χ0) is 11.4. The molecule has 3 rings (SSSR count). The van der Waals surface area contributed by atoms with Gasteiger partial charge in [0.25, 0.3) is 0 Å². The van der Waals surface area contributed by atoms with Crippen molar-refractivity contribution in [3.05, 3.63) is 41.6 Å². The molecule has 16 heavy (non-hydrogen) atoms. The quantitative estimate of drug-likeness (QED) is 0.675. The van der Waals surface area contributed by atoms with Crippen LogP contribution in [-0.4, -0.2) is 11.2 Å². The Hall–Kier alpha value is -1.90. The molecule has 0 saturated heterocycles. The number of fused-ring (bicyclic) bond motifs is 3. The van der Waals surface area contributed by atoms with Crippen molar-refractivity contribution < 1.29 is 4.84 Å². The van der Waals surface area contributed by atoms with Crippen LogP contribution < -0.4 is 0 Å².